The average Bonchev–Trinajstić information content (AvgIpc) is 2.88. The van der Waals surface area contributed by atoms with Crippen molar-refractivity contribution in [3.05, 3.63) is 72.7 Å². The molecule has 2 heterocycles. The number of rotatable bonds is 8. The lowest BCUT2D eigenvalue weighted by Crippen LogP contribution is -2.46. The normalized spacial score (nSPS) is 14.2. The molecular formula is C26H27F4N7O. The first kappa shape index (κ1) is 26.9. The Balaban J connectivity index is 1.54. The van der Waals surface area contributed by atoms with Gasteiger partial charge in [0.1, 0.15) is 17.2 Å². The van der Waals surface area contributed by atoms with Crippen LogP contribution in [0.15, 0.2) is 61.3 Å². The van der Waals surface area contributed by atoms with Crippen LogP contribution < -0.4 is 20.9 Å². The van der Waals surface area contributed by atoms with Gasteiger partial charge in [-0.15, -0.1) is 0 Å². The molecule has 0 spiro atoms. The largest absolute Gasteiger partial charge is 0.421 e. The van der Waals surface area contributed by atoms with E-state index >= 15 is 0 Å². The van der Waals surface area contributed by atoms with Crippen LogP contribution in [0.1, 0.15) is 12.5 Å². The fraction of sp³-hybridized carbons (Fsp3) is 0.269. The Morgan fingerprint density at radius 1 is 1.05 bits per heavy atom. The smallest absolute Gasteiger partial charge is 0.367 e. The number of amides is 1. The lowest BCUT2D eigenvalue weighted by atomic mass is 10.2. The second kappa shape index (κ2) is 11.5. The summed E-state index contributed by atoms with van der Waals surface area (Å²) in [6.45, 7) is 9.48. The number of likely N-dealkylation sites (N-methyl/N-ethyl adjacent to an activating group) is 1. The van der Waals surface area contributed by atoms with Gasteiger partial charge in [-0.2, -0.15) is 18.2 Å². The third-order valence-electron chi connectivity index (χ3n) is 6.04. The summed E-state index contributed by atoms with van der Waals surface area (Å²) in [4.78, 5) is 23.6. The predicted octanol–water partition coefficient (Wildman–Crippen LogP) is 5.39. The summed E-state index contributed by atoms with van der Waals surface area (Å²) in [5.41, 5.74) is 0.271. The third-order valence-corrected chi connectivity index (χ3v) is 6.04. The third kappa shape index (κ3) is 6.57. The molecule has 0 unspecified atom stereocenters. The fourth-order valence-corrected chi connectivity index (χ4v) is 4.02. The quantitative estimate of drug-likeness (QED) is 0.267. The van der Waals surface area contributed by atoms with Gasteiger partial charge in [-0.25, -0.2) is 9.37 Å². The molecule has 8 nitrogen and oxygen atoms in total. The van der Waals surface area contributed by atoms with Gasteiger partial charge in [0, 0.05) is 49.4 Å². The number of carbonyl (C=O) groups excluding carboxylic acids is 1. The van der Waals surface area contributed by atoms with Crippen molar-refractivity contribution >= 4 is 40.4 Å². The highest BCUT2D eigenvalue weighted by Crippen LogP contribution is 2.36. The van der Waals surface area contributed by atoms with E-state index in [1.807, 2.05) is 4.90 Å². The number of alkyl halides is 3. The number of hydrogen-bond donors (Lipinski definition) is 3. The maximum Gasteiger partial charge on any atom is 0.421 e. The van der Waals surface area contributed by atoms with Gasteiger partial charge in [0.25, 0.3) is 0 Å². The van der Waals surface area contributed by atoms with Crippen molar-refractivity contribution in [3.63, 3.8) is 0 Å². The predicted molar refractivity (Wildman–Crippen MR) is 140 cm³/mol. The molecule has 38 heavy (non-hydrogen) atoms. The summed E-state index contributed by atoms with van der Waals surface area (Å²) in [5.74, 6) is -1.58. The molecule has 0 bridgehead atoms. The highest BCUT2D eigenvalue weighted by atomic mass is 19.4. The zero-order valence-electron chi connectivity index (χ0n) is 20.6. The number of hydrogen-bond acceptors (Lipinski definition) is 7. The van der Waals surface area contributed by atoms with Crippen LogP contribution in [0, 0.1) is 5.82 Å². The zero-order valence-corrected chi connectivity index (χ0v) is 20.6. The van der Waals surface area contributed by atoms with Gasteiger partial charge in [-0.1, -0.05) is 19.6 Å². The van der Waals surface area contributed by atoms with E-state index in [0.29, 0.717) is 36.3 Å². The lowest BCUT2D eigenvalue weighted by molar-refractivity contribution is -0.137. The lowest BCUT2D eigenvalue weighted by Gasteiger charge is -2.35. The van der Waals surface area contributed by atoms with Crippen molar-refractivity contribution in [3.8, 4) is 0 Å². The van der Waals surface area contributed by atoms with E-state index in [9.17, 15) is 22.4 Å². The molecule has 1 amide bonds. The molecule has 2 aromatic carbocycles. The second-order valence-corrected chi connectivity index (χ2v) is 8.57. The minimum absolute atomic E-state index is 0.152. The monoisotopic (exact) mass is 529 g/mol. The minimum atomic E-state index is -4.73. The maximum absolute atomic E-state index is 14.9. The molecule has 1 saturated heterocycles. The molecular weight excluding hydrogens is 502 g/mol. The van der Waals surface area contributed by atoms with E-state index in [4.69, 9.17) is 0 Å². The minimum Gasteiger partial charge on any atom is -0.367 e. The number of carbonyl (C=O) groups is 1. The van der Waals surface area contributed by atoms with Crippen molar-refractivity contribution in [1.29, 1.82) is 0 Å². The summed E-state index contributed by atoms with van der Waals surface area (Å²) in [5, 5.41) is 7.95. The van der Waals surface area contributed by atoms with Crippen LogP contribution >= 0.6 is 0 Å². The molecule has 0 saturated carbocycles. The zero-order chi connectivity index (χ0) is 27.3. The van der Waals surface area contributed by atoms with Gasteiger partial charge < -0.3 is 25.8 Å². The highest BCUT2D eigenvalue weighted by molar-refractivity contribution is 5.99. The van der Waals surface area contributed by atoms with E-state index in [2.05, 4.69) is 44.3 Å². The number of nitrogens with one attached hydrogen (secondary N) is 3. The van der Waals surface area contributed by atoms with E-state index in [1.165, 1.54) is 18.2 Å². The summed E-state index contributed by atoms with van der Waals surface area (Å²) >= 11 is 0. The number of piperazine rings is 1. The van der Waals surface area contributed by atoms with Gasteiger partial charge in [0.05, 0.1) is 5.69 Å². The van der Waals surface area contributed by atoms with E-state index < -0.39 is 29.3 Å². The molecule has 200 valence electrons. The Morgan fingerprint density at radius 3 is 2.42 bits per heavy atom. The second-order valence-electron chi connectivity index (χ2n) is 8.57. The summed E-state index contributed by atoms with van der Waals surface area (Å²) in [6, 6.07) is 10.6. The number of anilines is 6. The van der Waals surface area contributed by atoms with E-state index in [1.54, 1.807) is 24.3 Å². The molecule has 3 aromatic rings. The van der Waals surface area contributed by atoms with Gasteiger partial charge in [0.15, 0.2) is 0 Å². The van der Waals surface area contributed by atoms with Gasteiger partial charge in [-0.05, 0) is 49.0 Å². The van der Waals surface area contributed by atoms with Crippen molar-refractivity contribution in [2.75, 3.05) is 53.6 Å². The summed E-state index contributed by atoms with van der Waals surface area (Å²) in [7, 11) is 0. The van der Waals surface area contributed by atoms with Crippen molar-refractivity contribution < 1.29 is 22.4 Å². The molecule has 0 atom stereocenters. The van der Waals surface area contributed by atoms with Crippen LogP contribution in [-0.4, -0.2) is 53.5 Å². The summed E-state index contributed by atoms with van der Waals surface area (Å²) < 4.78 is 55.9. The Kier molecular flexibility index (Phi) is 8.10. The number of aromatic nitrogens is 2. The van der Waals surface area contributed by atoms with E-state index in [0.717, 1.165) is 25.7 Å². The Hall–Kier alpha value is -4.19. The topological polar surface area (TPSA) is 85.4 Å². The van der Waals surface area contributed by atoms with Gasteiger partial charge in [-0.3, -0.25) is 4.79 Å². The standard InChI is InChI=1S/C26H27F4N7O/c1-3-23(38)32-17-6-5-7-18(14-17)33-24-20(26(28,29)30)16-31-25(35-24)34-19-8-9-22(21(27)15-19)37-12-10-36(4-2)11-13-37/h3,5-9,14-16H,1,4,10-13H2,2H3,(H,32,38)(H2,31,33,34,35). The molecule has 0 aliphatic carbocycles. The van der Waals surface area contributed by atoms with E-state index in [-0.39, 0.29) is 11.6 Å². The number of nitrogens with zero attached hydrogens (tertiary/aromatic N) is 4. The van der Waals surface area contributed by atoms with Crippen LogP contribution in [0.3, 0.4) is 0 Å². The number of halogens is 4. The molecule has 1 aliphatic heterocycles. The first-order valence-corrected chi connectivity index (χ1v) is 11.9. The van der Waals surface area contributed by atoms with Crippen LogP contribution in [0.25, 0.3) is 0 Å². The highest BCUT2D eigenvalue weighted by Gasteiger charge is 2.35. The molecule has 1 fully saturated rings. The number of benzene rings is 2. The molecule has 12 heteroatoms. The van der Waals surface area contributed by atoms with Crippen LogP contribution in [0.2, 0.25) is 0 Å². The molecule has 3 N–H and O–H groups in total. The van der Waals surface area contributed by atoms with Crippen molar-refractivity contribution in [2.24, 2.45) is 0 Å². The molecule has 0 radical (unpaired) electrons. The van der Waals surface area contributed by atoms with Crippen LogP contribution in [-0.2, 0) is 11.0 Å². The van der Waals surface area contributed by atoms with Crippen molar-refractivity contribution in [2.45, 2.75) is 13.1 Å². The van der Waals surface area contributed by atoms with Crippen molar-refractivity contribution in [1.82, 2.24) is 14.9 Å². The molecule has 1 aromatic heterocycles. The molecule has 1 aliphatic rings. The van der Waals surface area contributed by atoms with Gasteiger partial charge >= 0.3 is 6.18 Å². The molecule has 4 rings (SSSR count). The Bertz CT molecular complexity index is 1310. The van der Waals surface area contributed by atoms with Crippen LogP contribution in [0.4, 0.5) is 52.1 Å². The Morgan fingerprint density at radius 2 is 1.76 bits per heavy atom. The average molecular weight is 530 g/mol. The fourth-order valence-electron chi connectivity index (χ4n) is 4.02. The van der Waals surface area contributed by atoms with Gasteiger partial charge in [0.2, 0.25) is 11.9 Å². The Labute approximate surface area is 217 Å². The first-order chi connectivity index (χ1) is 18.2. The maximum atomic E-state index is 14.9. The first-order valence-electron chi connectivity index (χ1n) is 11.9. The van der Waals surface area contributed by atoms with Crippen LogP contribution in [0.5, 0.6) is 0 Å². The SMILES string of the molecule is C=CC(=O)Nc1cccc(Nc2nc(Nc3ccc(N4CCN(CC)CC4)c(F)c3)ncc2C(F)(F)F)c1. The summed E-state index contributed by atoms with van der Waals surface area (Å²) in [6.07, 6.45) is -3.00.